The Labute approximate surface area is 242 Å². The van der Waals surface area contributed by atoms with Gasteiger partial charge in [0, 0.05) is 64.0 Å². The number of ether oxygens (including phenoxy) is 1. The Morgan fingerprint density at radius 2 is 1.80 bits per heavy atom. The van der Waals surface area contributed by atoms with Gasteiger partial charge in [0.25, 0.3) is 0 Å². The number of rotatable bonds is 9. The van der Waals surface area contributed by atoms with Gasteiger partial charge in [-0.25, -0.2) is 9.37 Å². The van der Waals surface area contributed by atoms with E-state index in [2.05, 4.69) is 14.8 Å². The number of anilines is 1. The van der Waals surface area contributed by atoms with Crippen molar-refractivity contribution in [1.82, 2.24) is 14.8 Å². The van der Waals surface area contributed by atoms with Crippen LogP contribution in [-0.4, -0.2) is 84.3 Å². The molecule has 41 heavy (non-hydrogen) atoms. The number of hydrogen-bond acceptors (Lipinski definition) is 7. The molecule has 1 amide bonds. The van der Waals surface area contributed by atoms with E-state index in [1.807, 2.05) is 18.2 Å². The third-order valence-electron chi connectivity index (χ3n) is 7.70. The largest absolute Gasteiger partial charge is 0.491 e. The van der Waals surface area contributed by atoms with Gasteiger partial charge in [-0.1, -0.05) is 23.7 Å². The summed E-state index contributed by atoms with van der Waals surface area (Å²) in [5, 5.41) is 11.2. The fraction of sp³-hybridized carbons (Fsp3) is 0.355. The Bertz CT molecular complexity index is 1510. The highest BCUT2D eigenvalue weighted by Crippen LogP contribution is 2.31. The number of oxazole rings is 1. The first-order valence-corrected chi connectivity index (χ1v) is 14.3. The second-order valence-electron chi connectivity index (χ2n) is 10.7. The molecule has 3 aromatic carbocycles. The van der Waals surface area contributed by atoms with Crippen molar-refractivity contribution in [2.45, 2.75) is 12.5 Å². The number of carbonyl (C=O) groups excluding carboxylic acids is 1. The number of aliphatic hydroxyl groups is 1. The molecule has 2 atom stereocenters. The summed E-state index contributed by atoms with van der Waals surface area (Å²) < 4.78 is 25.0. The summed E-state index contributed by atoms with van der Waals surface area (Å²) in [5.41, 5.74) is 2.78. The van der Waals surface area contributed by atoms with Gasteiger partial charge in [-0.2, -0.15) is 0 Å². The number of aliphatic hydroxyl groups excluding tert-OH is 1. The van der Waals surface area contributed by atoms with Gasteiger partial charge in [-0.3, -0.25) is 9.69 Å². The van der Waals surface area contributed by atoms with E-state index in [-0.39, 0.29) is 24.2 Å². The number of aromatic nitrogens is 1. The monoisotopic (exact) mass is 578 g/mol. The fourth-order valence-corrected chi connectivity index (χ4v) is 5.80. The van der Waals surface area contributed by atoms with Crippen molar-refractivity contribution in [2.24, 2.45) is 5.92 Å². The van der Waals surface area contributed by atoms with Crippen LogP contribution in [0.2, 0.25) is 5.02 Å². The highest BCUT2D eigenvalue weighted by Gasteiger charge is 2.32. The van der Waals surface area contributed by atoms with Gasteiger partial charge < -0.3 is 24.1 Å². The molecule has 0 radical (unpaired) electrons. The molecule has 8 nitrogen and oxygen atoms in total. The summed E-state index contributed by atoms with van der Waals surface area (Å²) in [6.45, 7) is 5.65. The predicted octanol–water partition coefficient (Wildman–Crippen LogP) is 4.70. The zero-order chi connectivity index (χ0) is 28.3. The molecule has 0 aliphatic carbocycles. The number of piperazine rings is 1. The van der Waals surface area contributed by atoms with Crippen molar-refractivity contribution < 1.29 is 23.4 Å². The van der Waals surface area contributed by atoms with Crippen LogP contribution in [0.25, 0.3) is 22.6 Å². The van der Waals surface area contributed by atoms with Crippen LogP contribution < -0.4 is 9.64 Å². The van der Waals surface area contributed by atoms with Crippen LogP contribution in [-0.2, 0) is 4.79 Å². The Balaban J connectivity index is 0.945. The summed E-state index contributed by atoms with van der Waals surface area (Å²) in [4.78, 5) is 23.5. The second kappa shape index (κ2) is 12.2. The number of nitrogens with zero attached hydrogens (tertiary/aromatic N) is 4. The number of amides is 1. The minimum Gasteiger partial charge on any atom is -0.491 e. The lowest BCUT2D eigenvalue weighted by Gasteiger charge is -2.36. The molecule has 1 N–H and O–H groups in total. The minimum absolute atomic E-state index is 0.0899. The Morgan fingerprint density at radius 1 is 1.05 bits per heavy atom. The molecule has 214 valence electrons. The third-order valence-corrected chi connectivity index (χ3v) is 8.03. The van der Waals surface area contributed by atoms with Gasteiger partial charge in [0.1, 0.15) is 29.8 Å². The maximum absolute atomic E-state index is 13.3. The van der Waals surface area contributed by atoms with Gasteiger partial charge in [-0.05, 0) is 54.4 Å². The lowest BCUT2D eigenvalue weighted by molar-refractivity contribution is -0.117. The van der Waals surface area contributed by atoms with Crippen LogP contribution >= 0.6 is 11.6 Å². The maximum atomic E-state index is 13.3. The summed E-state index contributed by atoms with van der Waals surface area (Å²) in [6, 6.07) is 18.9. The molecule has 4 aromatic rings. The van der Waals surface area contributed by atoms with Crippen molar-refractivity contribution in [3.8, 4) is 17.2 Å². The van der Waals surface area contributed by atoms with Gasteiger partial charge >= 0.3 is 0 Å². The van der Waals surface area contributed by atoms with Crippen LogP contribution in [0.15, 0.2) is 71.1 Å². The molecule has 6 rings (SSSR count). The number of fused-ring (bicyclic) bond motifs is 1. The summed E-state index contributed by atoms with van der Waals surface area (Å²) >= 11 is 6.28. The SMILES string of the molecule is O=C1CC(CN2CCN(CC(O)COc3ccc4oc(-c5ccccc5Cl)nc4c3)CC2)CN1c1ccc(F)cc1. The average molecular weight is 579 g/mol. The van der Waals surface area contributed by atoms with E-state index in [0.29, 0.717) is 47.3 Å². The molecule has 3 heterocycles. The molecule has 0 bridgehead atoms. The molecule has 2 aliphatic heterocycles. The van der Waals surface area contributed by atoms with E-state index in [1.54, 1.807) is 41.3 Å². The van der Waals surface area contributed by atoms with Crippen molar-refractivity contribution in [3.05, 3.63) is 77.6 Å². The summed E-state index contributed by atoms with van der Waals surface area (Å²) in [7, 11) is 0. The molecular weight excluding hydrogens is 547 g/mol. The quantitative estimate of drug-likeness (QED) is 0.308. The molecular formula is C31H32ClFN4O4. The number of benzene rings is 3. The Hall–Kier alpha value is -3.50. The van der Waals surface area contributed by atoms with E-state index >= 15 is 0 Å². The van der Waals surface area contributed by atoms with E-state index < -0.39 is 6.10 Å². The van der Waals surface area contributed by atoms with Gasteiger partial charge in [0.2, 0.25) is 11.8 Å². The molecule has 2 aliphatic rings. The summed E-state index contributed by atoms with van der Waals surface area (Å²) in [5.74, 6) is 1.10. The van der Waals surface area contributed by atoms with Crippen LogP contribution in [0, 0.1) is 11.7 Å². The van der Waals surface area contributed by atoms with Crippen LogP contribution in [0.3, 0.4) is 0 Å². The van der Waals surface area contributed by atoms with Gasteiger partial charge in [0.05, 0.1) is 10.6 Å². The Kier molecular flexibility index (Phi) is 8.20. The smallest absolute Gasteiger partial charge is 0.228 e. The molecule has 1 aromatic heterocycles. The van der Waals surface area contributed by atoms with Crippen molar-refractivity contribution >= 4 is 34.3 Å². The summed E-state index contributed by atoms with van der Waals surface area (Å²) in [6.07, 6.45) is -0.125. The average Bonchev–Trinajstić information content (AvgIpc) is 3.56. The molecule has 0 saturated carbocycles. The zero-order valence-electron chi connectivity index (χ0n) is 22.6. The first-order chi connectivity index (χ1) is 19.9. The molecule has 2 fully saturated rings. The Morgan fingerprint density at radius 3 is 2.59 bits per heavy atom. The topological polar surface area (TPSA) is 82.3 Å². The fourth-order valence-electron chi connectivity index (χ4n) is 5.58. The van der Waals surface area contributed by atoms with Crippen LogP contribution in [0.4, 0.5) is 10.1 Å². The molecule has 2 unspecified atom stereocenters. The highest BCUT2D eigenvalue weighted by molar-refractivity contribution is 6.33. The number of carbonyl (C=O) groups is 1. The first kappa shape index (κ1) is 27.7. The standard InChI is InChI=1S/C31H32ClFN4O4/c32-27-4-2-1-3-26(27)31-34-28-16-25(9-10-29(28)41-31)40-20-24(38)19-36-13-11-35(12-14-36)17-21-15-30(39)37(18-21)23-7-5-22(33)6-8-23/h1-10,16,21,24,38H,11-15,17-20H2. The van der Waals surface area contributed by atoms with Crippen molar-refractivity contribution in [3.63, 3.8) is 0 Å². The second-order valence-corrected chi connectivity index (χ2v) is 11.2. The zero-order valence-corrected chi connectivity index (χ0v) is 23.3. The van der Waals surface area contributed by atoms with E-state index in [0.717, 1.165) is 44.0 Å². The highest BCUT2D eigenvalue weighted by atomic mass is 35.5. The third kappa shape index (κ3) is 6.54. The molecule has 0 spiro atoms. The number of halogens is 2. The van der Waals surface area contributed by atoms with Crippen LogP contribution in [0.1, 0.15) is 6.42 Å². The minimum atomic E-state index is -0.634. The van der Waals surface area contributed by atoms with Crippen LogP contribution in [0.5, 0.6) is 5.75 Å². The predicted molar refractivity (Wildman–Crippen MR) is 156 cm³/mol. The van der Waals surface area contributed by atoms with Crippen molar-refractivity contribution in [1.29, 1.82) is 0 Å². The van der Waals surface area contributed by atoms with Gasteiger partial charge in [-0.15, -0.1) is 0 Å². The van der Waals surface area contributed by atoms with Gasteiger partial charge in [0.15, 0.2) is 5.58 Å². The maximum Gasteiger partial charge on any atom is 0.228 e. The molecule has 10 heteroatoms. The lowest BCUT2D eigenvalue weighted by Crippen LogP contribution is -2.50. The van der Waals surface area contributed by atoms with E-state index in [4.69, 9.17) is 20.8 Å². The van der Waals surface area contributed by atoms with E-state index in [1.165, 1.54) is 12.1 Å². The first-order valence-electron chi connectivity index (χ1n) is 13.9. The molecule has 2 saturated heterocycles. The van der Waals surface area contributed by atoms with Crippen molar-refractivity contribution in [2.75, 3.05) is 57.3 Å². The van der Waals surface area contributed by atoms with E-state index in [9.17, 15) is 14.3 Å². The lowest BCUT2D eigenvalue weighted by atomic mass is 10.1. The normalized spacial score (nSPS) is 19.2. The number of hydrogen-bond donors (Lipinski definition) is 1. The number of β-amino-alcohol motifs (C(OH)–C–C–N with tert-alkyl or cyclic N) is 1.